The molecule has 1 aliphatic carbocycles. The average Bonchev–Trinajstić information content (AvgIpc) is 2.96. The highest BCUT2D eigenvalue weighted by molar-refractivity contribution is 5.38. The Morgan fingerprint density at radius 3 is 2.90 bits per heavy atom. The van der Waals surface area contributed by atoms with Gasteiger partial charge in [-0.3, -0.25) is 0 Å². The van der Waals surface area contributed by atoms with Crippen LogP contribution in [0.2, 0.25) is 0 Å². The Kier molecular flexibility index (Phi) is 4.54. The Balaban J connectivity index is 1.86. The van der Waals surface area contributed by atoms with Crippen molar-refractivity contribution in [1.29, 1.82) is 0 Å². The van der Waals surface area contributed by atoms with E-state index in [0.29, 0.717) is 6.04 Å². The van der Waals surface area contributed by atoms with Crippen LogP contribution in [0.1, 0.15) is 61.8 Å². The summed E-state index contributed by atoms with van der Waals surface area (Å²) in [5, 5.41) is 3.74. The lowest BCUT2D eigenvalue weighted by atomic mass is 9.88. The van der Waals surface area contributed by atoms with E-state index in [1.54, 1.807) is 5.57 Å². The summed E-state index contributed by atoms with van der Waals surface area (Å²) in [7, 11) is 0. The molecule has 0 saturated heterocycles. The van der Waals surface area contributed by atoms with Gasteiger partial charge in [0.1, 0.15) is 0 Å². The van der Waals surface area contributed by atoms with E-state index < -0.39 is 0 Å². The van der Waals surface area contributed by atoms with Crippen molar-refractivity contribution < 1.29 is 4.74 Å². The molecule has 1 heterocycles. The zero-order chi connectivity index (χ0) is 13.8. The summed E-state index contributed by atoms with van der Waals surface area (Å²) in [5.74, 6) is 0. The van der Waals surface area contributed by atoms with Gasteiger partial charge in [0.15, 0.2) is 0 Å². The third kappa shape index (κ3) is 2.97. The third-order valence-electron chi connectivity index (χ3n) is 4.37. The van der Waals surface area contributed by atoms with Crippen molar-refractivity contribution in [1.82, 2.24) is 5.32 Å². The maximum Gasteiger partial charge on any atom is 0.0725 e. The number of benzene rings is 1. The van der Waals surface area contributed by atoms with E-state index >= 15 is 0 Å². The first kappa shape index (κ1) is 13.8. The first-order chi connectivity index (χ1) is 9.88. The number of nitrogens with one attached hydrogen (secondary N) is 1. The Morgan fingerprint density at radius 2 is 2.10 bits per heavy atom. The van der Waals surface area contributed by atoms with Gasteiger partial charge in [-0.2, -0.15) is 0 Å². The van der Waals surface area contributed by atoms with Crippen molar-refractivity contribution in [3.63, 3.8) is 0 Å². The van der Waals surface area contributed by atoms with Crippen LogP contribution >= 0.6 is 0 Å². The SMILES string of the molecule is CCCNC(C1=CCCCC1)c1ccc2c(c1)COC2. The van der Waals surface area contributed by atoms with Crippen LogP contribution in [0.5, 0.6) is 0 Å². The van der Waals surface area contributed by atoms with E-state index in [1.165, 1.54) is 48.8 Å². The second-order valence-electron chi connectivity index (χ2n) is 5.93. The first-order valence-electron chi connectivity index (χ1n) is 8.00. The molecule has 1 N–H and O–H groups in total. The van der Waals surface area contributed by atoms with Crippen LogP contribution in [0.4, 0.5) is 0 Å². The number of hydrogen-bond acceptors (Lipinski definition) is 2. The van der Waals surface area contributed by atoms with Crippen LogP contribution in [0.15, 0.2) is 29.8 Å². The molecule has 1 aliphatic heterocycles. The summed E-state index contributed by atoms with van der Waals surface area (Å²) in [6.45, 7) is 4.87. The molecule has 0 bridgehead atoms. The quantitative estimate of drug-likeness (QED) is 0.808. The Hall–Kier alpha value is -1.12. The fourth-order valence-corrected chi connectivity index (χ4v) is 3.25. The fraction of sp³-hybridized carbons (Fsp3) is 0.556. The molecular formula is C18H25NO. The van der Waals surface area contributed by atoms with Crippen molar-refractivity contribution in [3.05, 3.63) is 46.5 Å². The van der Waals surface area contributed by atoms with Gasteiger partial charge in [-0.15, -0.1) is 0 Å². The van der Waals surface area contributed by atoms with Crippen LogP contribution in [0, 0.1) is 0 Å². The van der Waals surface area contributed by atoms with E-state index in [0.717, 1.165) is 19.8 Å². The van der Waals surface area contributed by atoms with Gasteiger partial charge in [0, 0.05) is 0 Å². The molecule has 1 unspecified atom stereocenters. The van der Waals surface area contributed by atoms with Crippen molar-refractivity contribution in [2.45, 2.75) is 58.3 Å². The number of allylic oxidation sites excluding steroid dienone is 1. The lowest BCUT2D eigenvalue weighted by Gasteiger charge is -2.25. The van der Waals surface area contributed by atoms with Gasteiger partial charge in [0.25, 0.3) is 0 Å². The topological polar surface area (TPSA) is 21.3 Å². The molecule has 0 spiro atoms. The normalized spacial score (nSPS) is 19.6. The maximum absolute atomic E-state index is 5.54. The molecule has 2 aliphatic rings. The Labute approximate surface area is 122 Å². The summed E-state index contributed by atoms with van der Waals surface area (Å²) >= 11 is 0. The average molecular weight is 271 g/mol. The molecule has 1 aromatic rings. The zero-order valence-corrected chi connectivity index (χ0v) is 12.5. The molecule has 1 atom stereocenters. The van der Waals surface area contributed by atoms with Crippen LogP contribution in [0.25, 0.3) is 0 Å². The van der Waals surface area contributed by atoms with Gasteiger partial charge in [0.05, 0.1) is 19.3 Å². The highest BCUT2D eigenvalue weighted by Gasteiger charge is 2.20. The van der Waals surface area contributed by atoms with Gasteiger partial charge in [-0.1, -0.05) is 36.8 Å². The second-order valence-corrected chi connectivity index (χ2v) is 5.93. The van der Waals surface area contributed by atoms with E-state index in [1.807, 2.05) is 0 Å². The molecule has 3 rings (SSSR count). The molecule has 1 aromatic carbocycles. The number of fused-ring (bicyclic) bond motifs is 1. The van der Waals surface area contributed by atoms with Crippen molar-refractivity contribution in [2.24, 2.45) is 0 Å². The van der Waals surface area contributed by atoms with E-state index in [9.17, 15) is 0 Å². The third-order valence-corrected chi connectivity index (χ3v) is 4.37. The van der Waals surface area contributed by atoms with Crippen molar-refractivity contribution >= 4 is 0 Å². The minimum absolute atomic E-state index is 0.404. The lowest BCUT2D eigenvalue weighted by molar-refractivity contribution is 0.134. The molecule has 0 aromatic heterocycles. The standard InChI is InChI=1S/C18H25NO/c1-2-10-19-18(14-6-4-3-5-7-14)15-8-9-16-12-20-13-17(16)11-15/h6,8-9,11,18-19H,2-5,7,10,12-13H2,1H3. The van der Waals surface area contributed by atoms with Gasteiger partial charge in [-0.05, 0) is 55.3 Å². The molecule has 108 valence electrons. The second kappa shape index (κ2) is 6.55. The monoisotopic (exact) mass is 271 g/mol. The van der Waals surface area contributed by atoms with Gasteiger partial charge in [0.2, 0.25) is 0 Å². The summed E-state index contributed by atoms with van der Waals surface area (Å²) in [6.07, 6.45) is 8.81. The molecule has 0 amide bonds. The highest BCUT2D eigenvalue weighted by Crippen LogP contribution is 2.32. The van der Waals surface area contributed by atoms with Crippen LogP contribution in [-0.2, 0) is 18.0 Å². The molecule has 20 heavy (non-hydrogen) atoms. The summed E-state index contributed by atoms with van der Waals surface area (Å²) in [4.78, 5) is 0. The number of hydrogen-bond donors (Lipinski definition) is 1. The van der Waals surface area contributed by atoms with Crippen LogP contribution < -0.4 is 5.32 Å². The number of rotatable bonds is 5. The largest absolute Gasteiger partial charge is 0.372 e. The summed E-state index contributed by atoms with van der Waals surface area (Å²) in [5.41, 5.74) is 5.74. The van der Waals surface area contributed by atoms with E-state index in [2.05, 4.69) is 36.5 Å². The van der Waals surface area contributed by atoms with Crippen LogP contribution in [0.3, 0.4) is 0 Å². The minimum atomic E-state index is 0.404. The van der Waals surface area contributed by atoms with Crippen molar-refractivity contribution in [2.75, 3.05) is 6.54 Å². The maximum atomic E-state index is 5.54. The highest BCUT2D eigenvalue weighted by atomic mass is 16.5. The number of ether oxygens (including phenoxy) is 1. The van der Waals surface area contributed by atoms with Gasteiger partial charge < -0.3 is 10.1 Å². The Morgan fingerprint density at radius 1 is 1.20 bits per heavy atom. The predicted molar refractivity (Wildman–Crippen MR) is 82.5 cm³/mol. The lowest BCUT2D eigenvalue weighted by Crippen LogP contribution is -2.25. The summed E-state index contributed by atoms with van der Waals surface area (Å²) in [6, 6.07) is 7.30. The molecule has 0 saturated carbocycles. The Bertz CT molecular complexity index is 492. The van der Waals surface area contributed by atoms with Crippen LogP contribution in [-0.4, -0.2) is 6.54 Å². The smallest absolute Gasteiger partial charge is 0.0725 e. The first-order valence-corrected chi connectivity index (χ1v) is 8.00. The van der Waals surface area contributed by atoms with Crippen molar-refractivity contribution in [3.8, 4) is 0 Å². The molecular weight excluding hydrogens is 246 g/mol. The van der Waals surface area contributed by atoms with Gasteiger partial charge >= 0.3 is 0 Å². The van der Waals surface area contributed by atoms with Gasteiger partial charge in [-0.25, -0.2) is 0 Å². The van der Waals surface area contributed by atoms with E-state index in [4.69, 9.17) is 4.74 Å². The molecule has 2 heteroatoms. The minimum Gasteiger partial charge on any atom is -0.372 e. The van der Waals surface area contributed by atoms with E-state index in [-0.39, 0.29) is 0 Å². The molecule has 0 radical (unpaired) electrons. The predicted octanol–water partition coefficient (Wildman–Crippen LogP) is 4.26. The molecule has 0 fully saturated rings. The molecule has 2 nitrogen and oxygen atoms in total. The summed E-state index contributed by atoms with van der Waals surface area (Å²) < 4.78 is 5.54. The zero-order valence-electron chi connectivity index (χ0n) is 12.5. The fourth-order valence-electron chi connectivity index (χ4n) is 3.25.